The fourth-order valence-corrected chi connectivity index (χ4v) is 5.08. The van der Waals surface area contributed by atoms with Crippen LogP contribution in [0.5, 0.6) is 5.75 Å². The predicted octanol–water partition coefficient (Wildman–Crippen LogP) is 5.19. The smallest absolute Gasteiger partial charge is 0.226 e. The number of aromatic nitrogens is 2. The van der Waals surface area contributed by atoms with Crippen molar-refractivity contribution < 1.29 is 9.53 Å². The third-order valence-corrected chi connectivity index (χ3v) is 6.87. The minimum atomic E-state index is -0.166. The van der Waals surface area contributed by atoms with Crippen LogP contribution in [0.15, 0.2) is 91.3 Å². The highest BCUT2D eigenvalue weighted by molar-refractivity contribution is 7.80. The number of methoxy groups -OCH3 is 1. The van der Waals surface area contributed by atoms with Gasteiger partial charge < -0.3 is 24.8 Å². The molecule has 1 saturated heterocycles. The van der Waals surface area contributed by atoms with E-state index in [0.29, 0.717) is 18.1 Å². The van der Waals surface area contributed by atoms with Crippen LogP contribution in [0.25, 0.3) is 5.69 Å². The summed E-state index contributed by atoms with van der Waals surface area (Å²) in [4.78, 5) is 19.6. The molecular weight excluding hydrogens is 482 g/mol. The maximum absolute atomic E-state index is 12.8. The van der Waals surface area contributed by atoms with Gasteiger partial charge in [0.15, 0.2) is 5.11 Å². The number of rotatable bonds is 8. The number of nitrogens with one attached hydrogen (secondary N) is 2. The van der Waals surface area contributed by atoms with E-state index in [1.54, 1.807) is 13.3 Å². The Morgan fingerprint density at radius 3 is 2.65 bits per heavy atom. The van der Waals surface area contributed by atoms with Crippen LogP contribution >= 0.6 is 12.2 Å². The molecular formula is C29H29N5O2S. The van der Waals surface area contributed by atoms with Crippen molar-refractivity contribution >= 4 is 28.9 Å². The fraction of sp³-hybridized carbons (Fsp3) is 0.207. The topological polar surface area (TPSA) is 71.4 Å². The standard InChI is InChI=1S/C29H29N5O2S/c1-20-7-5-8-21(19-20)31-26(35)15-18-34-28(27(32-29(34)37)24-9-3-4-16-30-24)25-10-6-17-33(25)22-11-13-23(36-2)14-12-22/h3-14,16-17,19,27-28H,15,18H2,1-2H3,(H,31,35)(H,32,37)/t27-,28-/m1/s1. The zero-order valence-electron chi connectivity index (χ0n) is 20.8. The van der Waals surface area contributed by atoms with E-state index in [-0.39, 0.29) is 18.0 Å². The number of hydrogen-bond donors (Lipinski definition) is 2. The van der Waals surface area contributed by atoms with E-state index in [1.807, 2.05) is 85.9 Å². The van der Waals surface area contributed by atoms with Crippen molar-refractivity contribution in [3.63, 3.8) is 0 Å². The average molecular weight is 512 g/mol. The molecule has 0 bridgehead atoms. The number of pyridine rings is 1. The maximum atomic E-state index is 12.8. The quantitative estimate of drug-likeness (QED) is 0.317. The predicted molar refractivity (Wildman–Crippen MR) is 149 cm³/mol. The van der Waals surface area contributed by atoms with Crippen molar-refractivity contribution in [1.29, 1.82) is 0 Å². The first kappa shape index (κ1) is 24.5. The molecule has 0 spiro atoms. The number of benzene rings is 2. The first-order valence-corrected chi connectivity index (χ1v) is 12.6. The van der Waals surface area contributed by atoms with E-state index in [2.05, 4.69) is 31.2 Å². The van der Waals surface area contributed by atoms with Crippen molar-refractivity contribution in [1.82, 2.24) is 19.8 Å². The molecule has 2 aromatic carbocycles. The molecule has 5 rings (SSSR count). The third kappa shape index (κ3) is 5.34. The molecule has 1 aliphatic heterocycles. The summed E-state index contributed by atoms with van der Waals surface area (Å²) in [6.07, 6.45) is 4.12. The molecule has 3 heterocycles. The summed E-state index contributed by atoms with van der Waals surface area (Å²) >= 11 is 5.79. The summed E-state index contributed by atoms with van der Waals surface area (Å²) in [5, 5.41) is 7.07. The Balaban J connectivity index is 1.43. The number of aryl methyl sites for hydroxylation is 1. The van der Waals surface area contributed by atoms with Crippen LogP contribution in [-0.4, -0.2) is 39.1 Å². The molecule has 0 saturated carbocycles. The molecule has 0 aliphatic carbocycles. The van der Waals surface area contributed by atoms with Gasteiger partial charge >= 0.3 is 0 Å². The lowest BCUT2D eigenvalue weighted by atomic mass is 10.0. The summed E-state index contributed by atoms with van der Waals surface area (Å²) in [6, 6.07) is 25.4. The Labute approximate surface area is 222 Å². The first-order chi connectivity index (χ1) is 18.0. The van der Waals surface area contributed by atoms with Gasteiger partial charge in [0.1, 0.15) is 5.75 Å². The largest absolute Gasteiger partial charge is 0.497 e. The van der Waals surface area contributed by atoms with Crippen LogP contribution in [-0.2, 0) is 4.79 Å². The van der Waals surface area contributed by atoms with E-state index >= 15 is 0 Å². The summed E-state index contributed by atoms with van der Waals surface area (Å²) in [5.41, 5.74) is 4.84. The second-order valence-electron chi connectivity index (χ2n) is 8.99. The van der Waals surface area contributed by atoms with E-state index in [9.17, 15) is 4.79 Å². The van der Waals surface area contributed by atoms with Crippen LogP contribution in [0.2, 0.25) is 0 Å². The maximum Gasteiger partial charge on any atom is 0.226 e. The highest BCUT2D eigenvalue weighted by Crippen LogP contribution is 2.39. The highest BCUT2D eigenvalue weighted by Gasteiger charge is 2.41. The number of carbonyl (C=O) groups is 1. The summed E-state index contributed by atoms with van der Waals surface area (Å²) < 4.78 is 7.48. The van der Waals surface area contributed by atoms with Crippen LogP contribution in [0.4, 0.5) is 5.69 Å². The Kier molecular flexibility index (Phi) is 7.18. The number of anilines is 1. The number of ether oxygens (including phenoxy) is 1. The van der Waals surface area contributed by atoms with Crippen LogP contribution in [0, 0.1) is 6.92 Å². The Hall–Kier alpha value is -4.17. The second-order valence-corrected chi connectivity index (χ2v) is 9.38. The van der Waals surface area contributed by atoms with Gasteiger partial charge in [-0.3, -0.25) is 9.78 Å². The minimum absolute atomic E-state index is 0.0565. The molecule has 1 amide bonds. The molecule has 8 heteroatoms. The van der Waals surface area contributed by atoms with Gasteiger partial charge in [-0.15, -0.1) is 0 Å². The molecule has 0 radical (unpaired) electrons. The van der Waals surface area contributed by atoms with Gasteiger partial charge in [0.25, 0.3) is 0 Å². The molecule has 1 aliphatic rings. The third-order valence-electron chi connectivity index (χ3n) is 6.51. The van der Waals surface area contributed by atoms with Gasteiger partial charge in [-0.05, 0) is 85.4 Å². The average Bonchev–Trinajstić information content (AvgIpc) is 3.52. The number of hydrogen-bond acceptors (Lipinski definition) is 4. The molecule has 2 atom stereocenters. The monoisotopic (exact) mass is 511 g/mol. The zero-order valence-corrected chi connectivity index (χ0v) is 21.6. The lowest BCUT2D eigenvalue weighted by Gasteiger charge is -2.29. The molecule has 188 valence electrons. The van der Waals surface area contributed by atoms with E-state index in [4.69, 9.17) is 17.0 Å². The molecule has 0 unspecified atom stereocenters. The van der Waals surface area contributed by atoms with Crippen LogP contribution < -0.4 is 15.4 Å². The number of thiocarbonyl (C=S) groups is 1. The van der Waals surface area contributed by atoms with Gasteiger partial charge in [-0.1, -0.05) is 18.2 Å². The normalized spacial score (nSPS) is 16.9. The lowest BCUT2D eigenvalue weighted by molar-refractivity contribution is -0.116. The van der Waals surface area contributed by atoms with Gasteiger partial charge in [0.2, 0.25) is 5.91 Å². The van der Waals surface area contributed by atoms with E-state index < -0.39 is 0 Å². The van der Waals surface area contributed by atoms with E-state index in [0.717, 1.165) is 34.1 Å². The van der Waals surface area contributed by atoms with Crippen molar-refractivity contribution in [3.8, 4) is 11.4 Å². The Morgan fingerprint density at radius 1 is 1.08 bits per heavy atom. The van der Waals surface area contributed by atoms with Gasteiger partial charge in [0, 0.05) is 42.4 Å². The Bertz CT molecular complexity index is 1390. The highest BCUT2D eigenvalue weighted by atomic mass is 32.1. The second kappa shape index (κ2) is 10.8. The number of nitrogens with zero attached hydrogens (tertiary/aromatic N) is 3. The van der Waals surface area contributed by atoms with Gasteiger partial charge in [-0.2, -0.15) is 0 Å². The van der Waals surface area contributed by atoms with Crippen molar-refractivity contribution in [3.05, 3.63) is 108 Å². The summed E-state index contributed by atoms with van der Waals surface area (Å²) in [5.74, 6) is 0.743. The number of carbonyl (C=O) groups excluding carboxylic acids is 1. The molecule has 2 N–H and O–H groups in total. The fourth-order valence-electron chi connectivity index (χ4n) is 4.75. The van der Waals surface area contributed by atoms with Gasteiger partial charge in [-0.25, -0.2) is 0 Å². The van der Waals surface area contributed by atoms with Crippen molar-refractivity contribution in [2.24, 2.45) is 0 Å². The van der Waals surface area contributed by atoms with Crippen LogP contribution in [0.3, 0.4) is 0 Å². The summed E-state index contributed by atoms with van der Waals surface area (Å²) in [7, 11) is 1.66. The Morgan fingerprint density at radius 2 is 1.92 bits per heavy atom. The van der Waals surface area contributed by atoms with Crippen molar-refractivity contribution in [2.75, 3.05) is 19.0 Å². The van der Waals surface area contributed by atoms with Crippen molar-refractivity contribution in [2.45, 2.75) is 25.4 Å². The van der Waals surface area contributed by atoms with Crippen LogP contribution in [0.1, 0.15) is 35.5 Å². The summed E-state index contributed by atoms with van der Waals surface area (Å²) in [6.45, 7) is 2.47. The first-order valence-electron chi connectivity index (χ1n) is 12.2. The van der Waals surface area contributed by atoms with E-state index in [1.165, 1.54) is 0 Å². The molecule has 7 nitrogen and oxygen atoms in total. The molecule has 2 aromatic heterocycles. The zero-order chi connectivity index (χ0) is 25.8. The number of amides is 1. The lowest BCUT2D eigenvalue weighted by Crippen LogP contribution is -2.33. The molecule has 37 heavy (non-hydrogen) atoms. The minimum Gasteiger partial charge on any atom is -0.497 e. The van der Waals surface area contributed by atoms with Gasteiger partial charge in [0.05, 0.1) is 24.9 Å². The molecule has 1 fully saturated rings. The SMILES string of the molecule is COc1ccc(-n2cccc2[C@@H]2[C@@H](c3ccccn3)NC(=S)N2CCC(=O)Nc2cccc(C)c2)cc1. The molecule has 4 aromatic rings.